The van der Waals surface area contributed by atoms with E-state index in [-0.39, 0.29) is 16.5 Å². The molecule has 0 aliphatic carbocycles. The van der Waals surface area contributed by atoms with Crippen LogP contribution in [-0.4, -0.2) is 27.3 Å². The Morgan fingerprint density at radius 1 is 1.39 bits per heavy atom. The van der Waals surface area contributed by atoms with Crippen LogP contribution in [0.2, 0.25) is 5.02 Å². The van der Waals surface area contributed by atoms with Crippen LogP contribution in [-0.2, 0) is 10.0 Å². The fraction of sp³-hybridized carbons (Fsp3) is 0.455. The molecule has 0 radical (unpaired) electrons. The highest BCUT2D eigenvalue weighted by molar-refractivity contribution is 7.92. The Kier molecular flexibility index (Phi) is 5.84. The number of anilines is 1. The summed E-state index contributed by atoms with van der Waals surface area (Å²) in [6, 6.07) is 3.80. The van der Waals surface area contributed by atoms with Crippen LogP contribution in [0.4, 0.5) is 10.1 Å². The van der Waals surface area contributed by atoms with Gasteiger partial charge in [-0.15, -0.1) is 0 Å². The van der Waals surface area contributed by atoms with E-state index in [0.29, 0.717) is 13.0 Å². The number of halogens is 2. The Balaban J connectivity index is 2.56. The van der Waals surface area contributed by atoms with Crippen LogP contribution in [0.1, 0.15) is 13.3 Å². The molecular weight excluding hydrogens is 279 g/mol. The van der Waals surface area contributed by atoms with Crippen molar-refractivity contribution in [3.8, 4) is 0 Å². The molecule has 102 valence electrons. The summed E-state index contributed by atoms with van der Waals surface area (Å²) in [5.41, 5.74) is 0.181. The molecule has 0 aromatic heterocycles. The van der Waals surface area contributed by atoms with Crippen LogP contribution in [0, 0.1) is 5.82 Å². The average Bonchev–Trinajstić information content (AvgIpc) is 2.29. The third-order valence-corrected chi connectivity index (χ3v) is 3.89. The van der Waals surface area contributed by atoms with Gasteiger partial charge in [0.15, 0.2) is 0 Å². The predicted octanol–water partition coefficient (Wildman–Crippen LogP) is 2.22. The number of hydrogen-bond donors (Lipinski definition) is 2. The minimum atomic E-state index is -3.44. The minimum absolute atomic E-state index is 0.00968. The van der Waals surface area contributed by atoms with Crippen LogP contribution < -0.4 is 10.0 Å². The highest BCUT2D eigenvalue weighted by Crippen LogP contribution is 2.19. The van der Waals surface area contributed by atoms with Gasteiger partial charge in [-0.1, -0.05) is 18.5 Å². The predicted molar refractivity (Wildman–Crippen MR) is 72.0 cm³/mol. The van der Waals surface area contributed by atoms with E-state index in [2.05, 4.69) is 10.0 Å². The lowest BCUT2D eigenvalue weighted by Crippen LogP contribution is -2.21. The lowest BCUT2D eigenvalue weighted by Gasteiger charge is -2.08. The molecule has 4 nitrogen and oxygen atoms in total. The Morgan fingerprint density at radius 3 is 2.72 bits per heavy atom. The van der Waals surface area contributed by atoms with Gasteiger partial charge in [-0.05, 0) is 37.7 Å². The molecule has 0 saturated heterocycles. The molecule has 0 aliphatic rings. The first-order valence-corrected chi connectivity index (χ1v) is 7.64. The SMILES string of the molecule is CCNCCCS(=O)(=O)Nc1ccc(Cl)c(F)c1. The Hall–Kier alpha value is -0.850. The van der Waals surface area contributed by atoms with Crippen molar-refractivity contribution in [2.75, 3.05) is 23.6 Å². The molecule has 18 heavy (non-hydrogen) atoms. The van der Waals surface area contributed by atoms with Gasteiger partial charge in [0.25, 0.3) is 0 Å². The third-order valence-electron chi connectivity index (χ3n) is 2.21. The fourth-order valence-corrected chi connectivity index (χ4v) is 2.58. The highest BCUT2D eigenvalue weighted by Gasteiger charge is 2.11. The Morgan fingerprint density at radius 2 is 2.11 bits per heavy atom. The second kappa shape index (κ2) is 6.92. The summed E-state index contributed by atoms with van der Waals surface area (Å²) in [5, 5.41) is 2.99. The van der Waals surface area contributed by atoms with Gasteiger partial charge in [-0.25, -0.2) is 12.8 Å². The second-order valence-corrected chi connectivity index (χ2v) is 6.01. The number of sulfonamides is 1. The summed E-state index contributed by atoms with van der Waals surface area (Å²) in [6.45, 7) is 3.38. The third kappa shape index (κ3) is 5.20. The van der Waals surface area contributed by atoms with Gasteiger partial charge in [0, 0.05) is 0 Å². The number of benzene rings is 1. The van der Waals surface area contributed by atoms with Crippen LogP contribution in [0.25, 0.3) is 0 Å². The molecule has 1 rings (SSSR count). The van der Waals surface area contributed by atoms with Crippen molar-refractivity contribution < 1.29 is 12.8 Å². The maximum Gasteiger partial charge on any atom is 0.232 e. The van der Waals surface area contributed by atoms with Crippen molar-refractivity contribution in [3.63, 3.8) is 0 Å². The minimum Gasteiger partial charge on any atom is -0.317 e. The summed E-state index contributed by atoms with van der Waals surface area (Å²) in [4.78, 5) is 0. The summed E-state index contributed by atoms with van der Waals surface area (Å²) >= 11 is 5.51. The molecule has 0 unspecified atom stereocenters. The standard InChI is InChI=1S/C11H16ClFN2O2S/c1-2-14-6-3-7-18(16,17)15-9-4-5-10(12)11(13)8-9/h4-5,8,14-15H,2-3,6-7H2,1H3. The maximum atomic E-state index is 13.1. The fourth-order valence-electron chi connectivity index (χ4n) is 1.35. The van der Waals surface area contributed by atoms with Crippen molar-refractivity contribution in [2.24, 2.45) is 0 Å². The van der Waals surface area contributed by atoms with Crippen LogP contribution in [0.5, 0.6) is 0 Å². The largest absolute Gasteiger partial charge is 0.317 e. The summed E-state index contributed by atoms with van der Waals surface area (Å²) in [6.07, 6.45) is 0.499. The average molecular weight is 295 g/mol. The molecule has 0 heterocycles. The molecule has 0 atom stereocenters. The van der Waals surface area contributed by atoms with Crippen molar-refractivity contribution in [2.45, 2.75) is 13.3 Å². The van der Waals surface area contributed by atoms with E-state index in [9.17, 15) is 12.8 Å². The smallest absolute Gasteiger partial charge is 0.232 e. The lowest BCUT2D eigenvalue weighted by atomic mass is 10.3. The normalized spacial score (nSPS) is 11.5. The van der Waals surface area contributed by atoms with Gasteiger partial charge in [0.05, 0.1) is 16.5 Å². The van der Waals surface area contributed by atoms with Crippen LogP contribution >= 0.6 is 11.6 Å². The van der Waals surface area contributed by atoms with Crippen molar-refractivity contribution in [1.29, 1.82) is 0 Å². The monoisotopic (exact) mass is 294 g/mol. The molecule has 0 saturated carbocycles. The van der Waals surface area contributed by atoms with Gasteiger partial charge < -0.3 is 5.32 Å². The zero-order chi connectivity index (χ0) is 13.6. The first kappa shape index (κ1) is 15.2. The zero-order valence-corrected chi connectivity index (χ0v) is 11.6. The molecule has 7 heteroatoms. The van der Waals surface area contributed by atoms with E-state index >= 15 is 0 Å². The highest BCUT2D eigenvalue weighted by atomic mass is 35.5. The number of hydrogen-bond acceptors (Lipinski definition) is 3. The summed E-state index contributed by atoms with van der Waals surface area (Å²) in [7, 11) is -3.44. The quantitative estimate of drug-likeness (QED) is 0.758. The Bertz CT molecular complexity index is 494. The van der Waals surface area contributed by atoms with E-state index in [0.717, 1.165) is 12.6 Å². The molecule has 0 bridgehead atoms. The summed E-state index contributed by atoms with van der Waals surface area (Å²) < 4.78 is 38.8. The van der Waals surface area contributed by atoms with E-state index in [1.807, 2.05) is 6.92 Å². The lowest BCUT2D eigenvalue weighted by molar-refractivity contribution is 0.595. The van der Waals surface area contributed by atoms with E-state index < -0.39 is 15.8 Å². The summed E-state index contributed by atoms with van der Waals surface area (Å²) in [5.74, 6) is -0.658. The second-order valence-electron chi connectivity index (χ2n) is 3.76. The maximum absolute atomic E-state index is 13.1. The van der Waals surface area contributed by atoms with E-state index in [4.69, 9.17) is 11.6 Å². The first-order chi connectivity index (χ1) is 8.44. The molecule has 1 aromatic rings. The number of nitrogens with one attached hydrogen (secondary N) is 2. The molecule has 0 aliphatic heterocycles. The Labute approximate surface area is 112 Å². The molecule has 0 spiro atoms. The van der Waals surface area contributed by atoms with Crippen molar-refractivity contribution >= 4 is 27.3 Å². The van der Waals surface area contributed by atoms with Gasteiger partial charge in [-0.3, -0.25) is 4.72 Å². The van der Waals surface area contributed by atoms with Crippen molar-refractivity contribution in [3.05, 3.63) is 29.0 Å². The molecule has 1 aromatic carbocycles. The van der Waals surface area contributed by atoms with Gasteiger partial charge in [0.1, 0.15) is 5.82 Å². The zero-order valence-electron chi connectivity index (χ0n) is 10.0. The van der Waals surface area contributed by atoms with Gasteiger partial charge in [-0.2, -0.15) is 0 Å². The van der Waals surface area contributed by atoms with Crippen LogP contribution in [0.3, 0.4) is 0 Å². The van der Waals surface area contributed by atoms with E-state index in [1.54, 1.807) is 0 Å². The van der Waals surface area contributed by atoms with Crippen molar-refractivity contribution in [1.82, 2.24) is 5.32 Å². The van der Waals surface area contributed by atoms with Crippen LogP contribution in [0.15, 0.2) is 18.2 Å². The van der Waals surface area contributed by atoms with Gasteiger partial charge >= 0.3 is 0 Å². The molecule has 2 N–H and O–H groups in total. The van der Waals surface area contributed by atoms with Gasteiger partial charge in [0.2, 0.25) is 10.0 Å². The topological polar surface area (TPSA) is 58.2 Å². The number of rotatable bonds is 7. The van der Waals surface area contributed by atoms with E-state index in [1.165, 1.54) is 12.1 Å². The molecule has 0 fully saturated rings. The first-order valence-electron chi connectivity index (χ1n) is 5.61. The molecule has 0 amide bonds. The molecular formula is C11H16ClFN2O2S.